The molecule has 3 aromatic rings. The molecule has 142 valence electrons. The summed E-state index contributed by atoms with van der Waals surface area (Å²) in [6, 6.07) is 8.04. The second-order valence-corrected chi connectivity index (χ2v) is 8.94. The first kappa shape index (κ1) is 19.0. The predicted octanol–water partition coefficient (Wildman–Crippen LogP) is 3.64. The van der Waals surface area contributed by atoms with Gasteiger partial charge < -0.3 is 15.7 Å². The van der Waals surface area contributed by atoms with Crippen molar-refractivity contribution < 1.29 is 9.90 Å². The first-order valence-corrected chi connectivity index (χ1v) is 10.6. The van der Waals surface area contributed by atoms with Crippen molar-refractivity contribution in [1.82, 2.24) is 15.3 Å². The van der Waals surface area contributed by atoms with E-state index in [0.717, 1.165) is 26.9 Å². The normalized spacial score (nSPS) is 16.6. The van der Waals surface area contributed by atoms with Gasteiger partial charge in [-0.2, -0.15) is 0 Å². The maximum absolute atomic E-state index is 11.8. The van der Waals surface area contributed by atoms with Gasteiger partial charge in [0.15, 0.2) is 0 Å². The molecule has 3 N–H and O–H groups in total. The van der Waals surface area contributed by atoms with Crippen LogP contribution in [0.5, 0.6) is 0 Å². The molecule has 4 rings (SSSR count). The highest BCUT2D eigenvalue weighted by atomic mass is 32.2. The largest absolute Gasteiger partial charge is 0.392 e. The number of nitrogens with one attached hydrogen (secondary N) is 2. The van der Waals surface area contributed by atoms with Crippen molar-refractivity contribution in [1.29, 1.82) is 0 Å². The van der Waals surface area contributed by atoms with E-state index in [-0.39, 0.29) is 5.91 Å². The Morgan fingerprint density at radius 3 is 2.93 bits per heavy atom. The highest BCUT2D eigenvalue weighted by Crippen LogP contribution is 2.33. The fourth-order valence-corrected chi connectivity index (χ4v) is 4.71. The van der Waals surface area contributed by atoms with E-state index >= 15 is 0 Å². The van der Waals surface area contributed by atoms with Gasteiger partial charge in [0.2, 0.25) is 0 Å². The lowest BCUT2D eigenvalue weighted by Crippen LogP contribution is -2.17. The van der Waals surface area contributed by atoms with Gasteiger partial charge in [0.25, 0.3) is 5.91 Å². The summed E-state index contributed by atoms with van der Waals surface area (Å²) in [5.41, 5.74) is 2.91. The van der Waals surface area contributed by atoms with Crippen LogP contribution in [0.1, 0.15) is 11.8 Å². The quantitative estimate of drug-likeness (QED) is 0.422. The molecule has 9 heteroatoms. The van der Waals surface area contributed by atoms with E-state index in [2.05, 4.69) is 26.0 Å². The fourth-order valence-electron chi connectivity index (χ4n) is 2.75. The molecule has 0 radical (unpaired) electrons. The van der Waals surface area contributed by atoms with E-state index in [1.54, 1.807) is 18.3 Å². The molecule has 2 aromatic heterocycles. The third-order valence-electron chi connectivity index (χ3n) is 4.07. The van der Waals surface area contributed by atoms with Crippen molar-refractivity contribution in [2.24, 2.45) is 0 Å². The molecular weight excluding hydrogens is 412 g/mol. The summed E-state index contributed by atoms with van der Waals surface area (Å²) in [5.74, 6) is 0.541. The number of thiophene rings is 1. The Morgan fingerprint density at radius 2 is 2.18 bits per heavy atom. The Morgan fingerprint density at radius 1 is 1.32 bits per heavy atom. The summed E-state index contributed by atoms with van der Waals surface area (Å²) in [5, 5.41) is 18.3. The Bertz CT molecular complexity index is 1110. The molecule has 0 aliphatic carbocycles. The van der Waals surface area contributed by atoms with Crippen LogP contribution in [0.3, 0.4) is 0 Å². The topological polar surface area (TPSA) is 87.1 Å². The van der Waals surface area contributed by atoms with Gasteiger partial charge in [-0.15, -0.1) is 11.3 Å². The molecule has 1 unspecified atom stereocenters. The lowest BCUT2D eigenvalue weighted by molar-refractivity contribution is -0.115. The van der Waals surface area contributed by atoms with Crippen LogP contribution in [0.4, 0.5) is 5.82 Å². The molecule has 0 spiro atoms. The van der Waals surface area contributed by atoms with E-state index < -0.39 is 6.10 Å². The highest BCUT2D eigenvalue weighted by molar-refractivity contribution is 8.26. The van der Waals surface area contributed by atoms with Crippen molar-refractivity contribution in [2.75, 3.05) is 11.9 Å². The van der Waals surface area contributed by atoms with Crippen molar-refractivity contribution in [3.05, 3.63) is 45.8 Å². The van der Waals surface area contributed by atoms with E-state index in [1.807, 2.05) is 30.3 Å². The molecule has 1 saturated heterocycles. The number of hydrogen-bond acceptors (Lipinski definition) is 8. The molecule has 1 aliphatic heterocycles. The minimum atomic E-state index is -0.473. The maximum atomic E-state index is 11.8. The zero-order valence-electron chi connectivity index (χ0n) is 14.8. The zero-order valence-corrected chi connectivity index (χ0v) is 17.3. The number of thiocarbonyl (C=S) groups is 1. The molecule has 1 fully saturated rings. The van der Waals surface area contributed by atoms with Gasteiger partial charge in [0.05, 0.1) is 16.5 Å². The molecule has 1 aromatic carbocycles. The second kappa shape index (κ2) is 7.96. The monoisotopic (exact) mass is 428 g/mol. The number of aromatic nitrogens is 2. The minimum Gasteiger partial charge on any atom is -0.392 e. The van der Waals surface area contributed by atoms with Gasteiger partial charge in [0.1, 0.15) is 16.5 Å². The van der Waals surface area contributed by atoms with Crippen LogP contribution < -0.4 is 10.6 Å². The fraction of sp³-hybridized carbons (Fsp3) is 0.158. The van der Waals surface area contributed by atoms with Gasteiger partial charge in [-0.25, -0.2) is 9.97 Å². The van der Waals surface area contributed by atoms with Gasteiger partial charge >= 0.3 is 0 Å². The van der Waals surface area contributed by atoms with Gasteiger partial charge in [-0.05, 0) is 47.7 Å². The molecule has 28 heavy (non-hydrogen) atoms. The number of carbonyl (C=O) groups excluding carboxylic acids is 1. The number of benzene rings is 1. The predicted molar refractivity (Wildman–Crippen MR) is 119 cm³/mol. The molecule has 3 heterocycles. The van der Waals surface area contributed by atoms with E-state index in [9.17, 15) is 9.90 Å². The van der Waals surface area contributed by atoms with Gasteiger partial charge in [-0.3, -0.25) is 4.79 Å². The first-order valence-electron chi connectivity index (χ1n) is 8.50. The second-order valence-electron chi connectivity index (χ2n) is 6.27. The van der Waals surface area contributed by atoms with E-state index in [4.69, 9.17) is 12.2 Å². The number of amides is 1. The van der Waals surface area contributed by atoms with Crippen LogP contribution >= 0.6 is 35.3 Å². The molecule has 0 saturated carbocycles. The lowest BCUT2D eigenvalue weighted by Gasteiger charge is -2.10. The van der Waals surface area contributed by atoms with Gasteiger partial charge in [0, 0.05) is 16.8 Å². The van der Waals surface area contributed by atoms with Crippen molar-refractivity contribution in [3.8, 4) is 11.1 Å². The summed E-state index contributed by atoms with van der Waals surface area (Å²) in [4.78, 5) is 22.0. The summed E-state index contributed by atoms with van der Waals surface area (Å²) in [6.07, 6.45) is 2.89. The third-order valence-corrected chi connectivity index (χ3v) is 6.11. The average Bonchev–Trinajstić information content (AvgIpc) is 3.26. The average molecular weight is 429 g/mol. The molecule has 0 bridgehead atoms. The standard InChI is InChI=1S/C19H16N4O2S3/c1-10(24)7-20-17-14-5-11(2-3-15(14)21-9-22-17)12-4-13(27-8-12)6-16-18(25)23-19(26)28-16/h2-6,8-10,24H,7H2,1H3,(H,20,21,22)(H,23,25,26)/b16-6-. The summed E-state index contributed by atoms with van der Waals surface area (Å²) < 4.78 is 0.486. The molecule has 1 amide bonds. The smallest absolute Gasteiger partial charge is 0.263 e. The first-order chi connectivity index (χ1) is 13.5. The Kier molecular flexibility index (Phi) is 5.40. The third kappa shape index (κ3) is 4.07. The number of aliphatic hydroxyl groups is 1. The molecule has 1 aliphatic rings. The Labute approximate surface area is 175 Å². The maximum Gasteiger partial charge on any atom is 0.263 e. The van der Waals surface area contributed by atoms with E-state index in [0.29, 0.717) is 21.6 Å². The number of hydrogen-bond donors (Lipinski definition) is 3. The van der Waals surface area contributed by atoms with Crippen LogP contribution in [0.25, 0.3) is 28.1 Å². The summed E-state index contributed by atoms with van der Waals surface area (Å²) in [6.45, 7) is 2.13. The van der Waals surface area contributed by atoms with Crippen LogP contribution in [0, 0.1) is 0 Å². The number of carbonyl (C=O) groups is 1. The molecule has 1 atom stereocenters. The summed E-state index contributed by atoms with van der Waals surface area (Å²) >= 11 is 7.87. The molecular formula is C19H16N4O2S3. The number of nitrogens with zero attached hydrogens (tertiary/aromatic N) is 2. The van der Waals surface area contributed by atoms with Crippen LogP contribution in [0.2, 0.25) is 0 Å². The Hall–Kier alpha value is -2.33. The lowest BCUT2D eigenvalue weighted by atomic mass is 10.1. The highest BCUT2D eigenvalue weighted by Gasteiger charge is 2.22. The van der Waals surface area contributed by atoms with Crippen molar-refractivity contribution in [2.45, 2.75) is 13.0 Å². The SMILES string of the molecule is CC(O)CNc1ncnc2ccc(-c3csc(/C=C4\SC(=S)NC4=O)c3)cc12. The van der Waals surface area contributed by atoms with Crippen LogP contribution in [-0.4, -0.2) is 38.0 Å². The van der Waals surface area contributed by atoms with E-state index in [1.165, 1.54) is 18.1 Å². The summed E-state index contributed by atoms with van der Waals surface area (Å²) in [7, 11) is 0. The zero-order chi connectivity index (χ0) is 19.7. The van der Waals surface area contributed by atoms with Crippen molar-refractivity contribution >= 4 is 68.3 Å². The number of rotatable bonds is 5. The number of anilines is 1. The van der Waals surface area contributed by atoms with Crippen LogP contribution in [-0.2, 0) is 4.79 Å². The minimum absolute atomic E-state index is 0.151. The molecule has 6 nitrogen and oxygen atoms in total. The number of fused-ring (bicyclic) bond motifs is 1. The van der Waals surface area contributed by atoms with Gasteiger partial charge in [-0.1, -0.05) is 30.0 Å². The van der Waals surface area contributed by atoms with Crippen molar-refractivity contribution in [3.63, 3.8) is 0 Å². The van der Waals surface area contributed by atoms with Crippen LogP contribution in [0.15, 0.2) is 40.9 Å². The Balaban J connectivity index is 1.65. The number of thioether (sulfide) groups is 1. The number of aliphatic hydroxyl groups excluding tert-OH is 1.